The third-order valence-corrected chi connectivity index (χ3v) is 4.40. The van der Waals surface area contributed by atoms with Gasteiger partial charge in [-0.1, -0.05) is 12.1 Å². The first-order chi connectivity index (χ1) is 10.1. The maximum atomic E-state index is 10.1. The minimum Gasteiger partial charge on any atom is -0.508 e. The molecule has 1 aliphatic carbocycles. The van der Waals surface area contributed by atoms with E-state index in [1.165, 1.54) is 11.1 Å². The number of hydrogen-bond acceptors (Lipinski definition) is 3. The van der Waals surface area contributed by atoms with Crippen LogP contribution < -0.4 is 5.32 Å². The molecule has 0 aromatic heterocycles. The standard InChI is InChI=1S/C18H21NO2/c1-11-6-9-16(12(2)18(11)21)19-17-5-3-4-13-10-14(20)7-8-15(13)17/h6-10,17,19-21H,3-5H2,1-2H3. The summed E-state index contributed by atoms with van der Waals surface area (Å²) in [5, 5.41) is 23.2. The van der Waals surface area contributed by atoms with E-state index in [0.29, 0.717) is 11.5 Å². The first kappa shape index (κ1) is 13.8. The molecule has 0 saturated carbocycles. The number of aromatic hydroxyl groups is 2. The first-order valence-corrected chi connectivity index (χ1v) is 7.44. The zero-order chi connectivity index (χ0) is 15.0. The number of nitrogens with one attached hydrogen (secondary N) is 1. The summed E-state index contributed by atoms with van der Waals surface area (Å²) in [6.07, 6.45) is 3.18. The Kier molecular flexibility index (Phi) is 3.50. The summed E-state index contributed by atoms with van der Waals surface area (Å²) >= 11 is 0. The van der Waals surface area contributed by atoms with Crippen LogP contribution in [0.5, 0.6) is 11.5 Å². The molecular formula is C18H21NO2. The monoisotopic (exact) mass is 283 g/mol. The Morgan fingerprint density at radius 2 is 1.90 bits per heavy atom. The molecule has 0 bridgehead atoms. The number of phenols is 2. The molecule has 3 heteroatoms. The molecule has 0 aliphatic heterocycles. The maximum absolute atomic E-state index is 10.1. The van der Waals surface area contributed by atoms with Gasteiger partial charge in [-0.05, 0) is 68.0 Å². The van der Waals surface area contributed by atoms with Crippen LogP contribution in [0.2, 0.25) is 0 Å². The third-order valence-electron chi connectivity index (χ3n) is 4.40. The molecule has 0 spiro atoms. The van der Waals surface area contributed by atoms with E-state index in [-0.39, 0.29) is 6.04 Å². The highest BCUT2D eigenvalue weighted by atomic mass is 16.3. The smallest absolute Gasteiger partial charge is 0.123 e. The largest absolute Gasteiger partial charge is 0.508 e. The highest BCUT2D eigenvalue weighted by Gasteiger charge is 2.21. The fourth-order valence-electron chi connectivity index (χ4n) is 3.13. The van der Waals surface area contributed by atoms with E-state index in [2.05, 4.69) is 5.32 Å². The van der Waals surface area contributed by atoms with Gasteiger partial charge in [-0.15, -0.1) is 0 Å². The molecule has 3 nitrogen and oxygen atoms in total. The topological polar surface area (TPSA) is 52.5 Å². The second-order valence-corrected chi connectivity index (χ2v) is 5.88. The Bertz CT molecular complexity index is 679. The van der Waals surface area contributed by atoms with Crippen LogP contribution in [0.4, 0.5) is 5.69 Å². The van der Waals surface area contributed by atoms with Crippen molar-refractivity contribution < 1.29 is 10.2 Å². The summed E-state index contributed by atoms with van der Waals surface area (Å²) in [4.78, 5) is 0. The lowest BCUT2D eigenvalue weighted by Gasteiger charge is -2.28. The van der Waals surface area contributed by atoms with Gasteiger partial charge in [0.15, 0.2) is 0 Å². The highest BCUT2D eigenvalue weighted by Crippen LogP contribution is 2.36. The van der Waals surface area contributed by atoms with Gasteiger partial charge in [-0.25, -0.2) is 0 Å². The van der Waals surface area contributed by atoms with Crippen LogP contribution in [0.25, 0.3) is 0 Å². The maximum Gasteiger partial charge on any atom is 0.123 e. The summed E-state index contributed by atoms with van der Waals surface area (Å²) in [7, 11) is 0. The number of aryl methyl sites for hydroxylation is 2. The first-order valence-electron chi connectivity index (χ1n) is 7.44. The van der Waals surface area contributed by atoms with Gasteiger partial charge < -0.3 is 15.5 Å². The van der Waals surface area contributed by atoms with Crippen molar-refractivity contribution in [3.63, 3.8) is 0 Å². The number of fused-ring (bicyclic) bond motifs is 1. The fourth-order valence-corrected chi connectivity index (χ4v) is 3.13. The van der Waals surface area contributed by atoms with E-state index in [9.17, 15) is 10.2 Å². The molecule has 1 aliphatic rings. The Balaban J connectivity index is 1.92. The minimum absolute atomic E-state index is 0.232. The molecule has 0 heterocycles. The fraction of sp³-hybridized carbons (Fsp3) is 0.333. The molecule has 2 aromatic rings. The molecule has 0 amide bonds. The summed E-state index contributed by atoms with van der Waals surface area (Å²) in [6, 6.07) is 9.81. The Hall–Kier alpha value is -2.16. The normalized spacial score (nSPS) is 17.3. The zero-order valence-corrected chi connectivity index (χ0v) is 12.5. The average Bonchev–Trinajstić information content (AvgIpc) is 2.48. The molecule has 3 rings (SSSR count). The van der Waals surface area contributed by atoms with Crippen molar-refractivity contribution in [1.29, 1.82) is 0 Å². The van der Waals surface area contributed by atoms with Gasteiger partial charge in [0.1, 0.15) is 11.5 Å². The van der Waals surface area contributed by atoms with Crippen molar-refractivity contribution >= 4 is 5.69 Å². The molecule has 0 fully saturated rings. The van der Waals surface area contributed by atoms with E-state index < -0.39 is 0 Å². The molecule has 1 unspecified atom stereocenters. The van der Waals surface area contributed by atoms with Gasteiger partial charge >= 0.3 is 0 Å². The summed E-state index contributed by atoms with van der Waals surface area (Å²) in [5.74, 6) is 0.695. The van der Waals surface area contributed by atoms with Crippen molar-refractivity contribution in [2.45, 2.75) is 39.2 Å². The summed E-state index contributed by atoms with van der Waals surface area (Å²) in [5.41, 5.74) is 5.23. The molecule has 110 valence electrons. The molecule has 1 atom stereocenters. The van der Waals surface area contributed by atoms with Crippen LogP contribution in [0.15, 0.2) is 30.3 Å². The molecule has 0 saturated heterocycles. The minimum atomic E-state index is 0.232. The van der Waals surface area contributed by atoms with E-state index >= 15 is 0 Å². The van der Waals surface area contributed by atoms with Crippen molar-refractivity contribution in [1.82, 2.24) is 0 Å². The van der Waals surface area contributed by atoms with Gasteiger partial charge in [0, 0.05) is 11.3 Å². The van der Waals surface area contributed by atoms with Crippen molar-refractivity contribution in [2.24, 2.45) is 0 Å². The van der Waals surface area contributed by atoms with Crippen LogP contribution in [0.3, 0.4) is 0 Å². The van der Waals surface area contributed by atoms with Crippen molar-refractivity contribution in [2.75, 3.05) is 5.32 Å². The Labute approximate surface area is 125 Å². The van der Waals surface area contributed by atoms with Crippen LogP contribution in [0, 0.1) is 13.8 Å². The van der Waals surface area contributed by atoms with Gasteiger partial charge in [-0.2, -0.15) is 0 Å². The van der Waals surface area contributed by atoms with E-state index in [4.69, 9.17) is 0 Å². The Morgan fingerprint density at radius 3 is 2.71 bits per heavy atom. The molecule has 21 heavy (non-hydrogen) atoms. The van der Waals surface area contributed by atoms with Gasteiger partial charge in [0.05, 0.1) is 6.04 Å². The Morgan fingerprint density at radius 1 is 1.10 bits per heavy atom. The summed E-state index contributed by atoms with van der Waals surface area (Å²) in [6.45, 7) is 3.84. The number of hydrogen-bond donors (Lipinski definition) is 3. The second kappa shape index (κ2) is 5.32. The quantitative estimate of drug-likeness (QED) is 0.774. The van der Waals surface area contributed by atoms with Crippen LogP contribution in [0.1, 0.15) is 41.1 Å². The second-order valence-electron chi connectivity index (χ2n) is 5.88. The lowest BCUT2D eigenvalue weighted by molar-refractivity contribution is 0.467. The molecule has 0 radical (unpaired) electrons. The van der Waals surface area contributed by atoms with Crippen LogP contribution in [-0.2, 0) is 6.42 Å². The predicted molar refractivity (Wildman–Crippen MR) is 85.0 cm³/mol. The SMILES string of the molecule is Cc1ccc(NC2CCCc3cc(O)ccc32)c(C)c1O. The van der Waals surface area contributed by atoms with Crippen molar-refractivity contribution in [3.8, 4) is 11.5 Å². The van der Waals surface area contributed by atoms with Gasteiger partial charge in [0.25, 0.3) is 0 Å². The third kappa shape index (κ3) is 2.56. The lowest BCUT2D eigenvalue weighted by Crippen LogP contribution is -2.17. The number of anilines is 1. The lowest BCUT2D eigenvalue weighted by atomic mass is 9.87. The van der Waals surface area contributed by atoms with Gasteiger partial charge in [0.2, 0.25) is 0 Å². The molecule has 3 N–H and O–H groups in total. The van der Waals surface area contributed by atoms with Crippen LogP contribution in [-0.4, -0.2) is 10.2 Å². The van der Waals surface area contributed by atoms with E-state index in [1.807, 2.05) is 38.1 Å². The number of phenolic OH excluding ortho intramolecular Hbond substituents is 2. The van der Waals surface area contributed by atoms with Crippen LogP contribution >= 0.6 is 0 Å². The molecular weight excluding hydrogens is 262 g/mol. The van der Waals surface area contributed by atoms with E-state index in [0.717, 1.165) is 36.1 Å². The highest BCUT2D eigenvalue weighted by molar-refractivity contribution is 5.60. The zero-order valence-electron chi connectivity index (χ0n) is 12.5. The molecule has 2 aromatic carbocycles. The number of benzene rings is 2. The van der Waals surface area contributed by atoms with E-state index in [1.54, 1.807) is 6.07 Å². The predicted octanol–water partition coefficient (Wildman–Crippen LogP) is 4.20. The van der Waals surface area contributed by atoms with Gasteiger partial charge in [-0.3, -0.25) is 0 Å². The van der Waals surface area contributed by atoms with Crippen molar-refractivity contribution in [3.05, 3.63) is 52.6 Å². The average molecular weight is 283 g/mol. The number of rotatable bonds is 2. The summed E-state index contributed by atoms with van der Waals surface area (Å²) < 4.78 is 0.